The molecule has 2 rings (SSSR count). The van der Waals surface area contributed by atoms with Gasteiger partial charge in [-0.15, -0.1) is 11.3 Å². The van der Waals surface area contributed by atoms with Gasteiger partial charge in [-0.05, 0) is 17.9 Å². The fourth-order valence-electron chi connectivity index (χ4n) is 1.18. The molecule has 2 heterocycles. The van der Waals surface area contributed by atoms with Crippen LogP contribution in [0.25, 0.3) is 10.2 Å². The summed E-state index contributed by atoms with van der Waals surface area (Å²) in [6.07, 6.45) is 1.28. The zero-order chi connectivity index (χ0) is 9.42. The van der Waals surface area contributed by atoms with E-state index >= 15 is 0 Å². The van der Waals surface area contributed by atoms with E-state index in [0.717, 1.165) is 10.4 Å². The van der Waals surface area contributed by atoms with Crippen LogP contribution in [0.1, 0.15) is 16.1 Å². The first-order chi connectivity index (χ1) is 6.20. The smallest absolute Gasteiger partial charge is 0.355 e. The highest BCUT2D eigenvalue weighted by molar-refractivity contribution is 7.17. The number of hydrogen-bond acceptors (Lipinski definition) is 4. The van der Waals surface area contributed by atoms with E-state index in [4.69, 9.17) is 5.11 Å². The molecule has 0 aliphatic carbocycles. The standard InChI is InChI=1S/C8H6N2O2S/c1-4-2-13-7-5(4)6(8(11)12)9-3-10-7/h2-3H,1H3,(H,11,12). The Morgan fingerprint density at radius 3 is 3.00 bits per heavy atom. The number of thiophene rings is 1. The molecular weight excluding hydrogens is 188 g/mol. The molecule has 1 N–H and O–H groups in total. The summed E-state index contributed by atoms with van der Waals surface area (Å²) < 4.78 is 0. The topological polar surface area (TPSA) is 63.1 Å². The third-order valence-electron chi connectivity index (χ3n) is 1.76. The summed E-state index contributed by atoms with van der Waals surface area (Å²) >= 11 is 1.43. The first-order valence-corrected chi connectivity index (χ1v) is 4.50. The molecule has 2 aromatic rings. The third-order valence-corrected chi connectivity index (χ3v) is 2.76. The van der Waals surface area contributed by atoms with E-state index in [1.807, 2.05) is 12.3 Å². The first-order valence-electron chi connectivity index (χ1n) is 3.62. The predicted molar refractivity (Wildman–Crippen MR) is 49.1 cm³/mol. The Morgan fingerprint density at radius 2 is 2.31 bits per heavy atom. The number of carboxylic acids is 1. The number of carboxylic acid groups (broad SMARTS) is 1. The number of nitrogens with zero attached hydrogens (tertiary/aromatic N) is 2. The molecule has 0 aromatic carbocycles. The second kappa shape index (κ2) is 2.77. The van der Waals surface area contributed by atoms with E-state index in [9.17, 15) is 4.79 Å². The fraction of sp³-hybridized carbons (Fsp3) is 0.125. The lowest BCUT2D eigenvalue weighted by Crippen LogP contribution is -2.01. The van der Waals surface area contributed by atoms with Gasteiger partial charge in [0, 0.05) is 5.39 Å². The Balaban J connectivity index is 2.88. The molecule has 0 saturated carbocycles. The van der Waals surface area contributed by atoms with Crippen LogP contribution in [0.4, 0.5) is 0 Å². The Kier molecular flexibility index (Phi) is 1.73. The van der Waals surface area contributed by atoms with Crippen LogP contribution in [0, 0.1) is 6.92 Å². The fourth-order valence-corrected chi connectivity index (χ4v) is 2.07. The molecule has 0 atom stereocenters. The van der Waals surface area contributed by atoms with Gasteiger partial charge in [-0.25, -0.2) is 14.8 Å². The molecule has 0 amide bonds. The van der Waals surface area contributed by atoms with Crippen molar-refractivity contribution in [3.05, 3.63) is 23.0 Å². The van der Waals surface area contributed by atoms with Crippen LogP contribution in [0.15, 0.2) is 11.7 Å². The number of carbonyl (C=O) groups is 1. The van der Waals surface area contributed by atoms with Crippen LogP contribution >= 0.6 is 11.3 Å². The highest BCUT2D eigenvalue weighted by atomic mass is 32.1. The minimum atomic E-state index is -1.01. The monoisotopic (exact) mass is 194 g/mol. The molecule has 0 aliphatic heterocycles. The number of hydrogen-bond donors (Lipinski definition) is 1. The van der Waals surface area contributed by atoms with Crippen LogP contribution in [0.5, 0.6) is 0 Å². The quantitative estimate of drug-likeness (QED) is 0.750. The average molecular weight is 194 g/mol. The van der Waals surface area contributed by atoms with Crippen LogP contribution in [0.3, 0.4) is 0 Å². The van der Waals surface area contributed by atoms with Crippen molar-refractivity contribution in [1.29, 1.82) is 0 Å². The molecule has 13 heavy (non-hydrogen) atoms. The van der Waals surface area contributed by atoms with Crippen molar-refractivity contribution in [1.82, 2.24) is 9.97 Å². The zero-order valence-corrected chi connectivity index (χ0v) is 7.63. The van der Waals surface area contributed by atoms with Crippen molar-refractivity contribution in [2.75, 3.05) is 0 Å². The SMILES string of the molecule is Cc1csc2ncnc(C(=O)O)c12. The van der Waals surface area contributed by atoms with Gasteiger partial charge in [-0.3, -0.25) is 0 Å². The van der Waals surface area contributed by atoms with Crippen molar-refractivity contribution in [2.24, 2.45) is 0 Å². The largest absolute Gasteiger partial charge is 0.476 e. The number of aromatic carboxylic acids is 1. The second-order valence-corrected chi connectivity index (χ2v) is 3.48. The molecule has 0 unspecified atom stereocenters. The van der Waals surface area contributed by atoms with Gasteiger partial charge in [-0.2, -0.15) is 0 Å². The van der Waals surface area contributed by atoms with Gasteiger partial charge < -0.3 is 5.11 Å². The van der Waals surface area contributed by atoms with Crippen molar-refractivity contribution >= 4 is 27.5 Å². The van der Waals surface area contributed by atoms with Crippen molar-refractivity contribution in [3.63, 3.8) is 0 Å². The molecule has 5 heteroatoms. The van der Waals surface area contributed by atoms with E-state index in [1.165, 1.54) is 17.7 Å². The summed E-state index contributed by atoms with van der Waals surface area (Å²) in [7, 11) is 0. The molecule has 0 radical (unpaired) electrons. The second-order valence-electron chi connectivity index (χ2n) is 2.63. The number of aryl methyl sites for hydroxylation is 1. The highest BCUT2D eigenvalue weighted by Gasteiger charge is 2.13. The van der Waals surface area contributed by atoms with Gasteiger partial charge in [-0.1, -0.05) is 0 Å². The Hall–Kier alpha value is -1.49. The average Bonchev–Trinajstić information content (AvgIpc) is 2.48. The lowest BCUT2D eigenvalue weighted by molar-refractivity contribution is 0.0692. The predicted octanol–water partition coefficient (Wildman–Crippen LogP) is 1.70. The van der Waals surface area contributed by atoms with Gasteiger partial charge in [0.25, 0.3) is 0 Å². The molecule has 66 valence electrons. The number of rotatable bonds is 1. The summed E-state index contributed by atoms with van der Waals surface area (Å²) in [4.78, 5) is 19.2. The van der Waals surface area contributed by atoms with Gasteiger partial charge in [0.15, 0.2) is 5.69 Å². The Labute approximate surface area is 77.9 Å². The van der Waals surface area contributed by atoms with Crippen LogP contribution in [-0.2, 0) is 0 Å². The highest BCUT2D eigenvalue weighted by Crippen LogP contribution is 2.24. The summed E-state index contributed by atoms with van der Waals surface area (Å²) in [5.74, 6) is -1.01. The molecule has 0 spiro atoms. The van der Waals surface area contributed by atoms with Crippen molar-refractivity contribution in [2.45, 2.75) is 6.92 Å². The van der Waals surface area contributed by atoms with E-state index < -0.39 is 5.97 Å². The first kappa shape index (κ1) is 8.12. The van der Waals surface area contributed by atoms with E-state index in [-0.39, 0.29) is 5.69 Å². The molecule has 0 aliphatic rings. The molecule has 0 fully saturated rings. The third kappa shape index (κ3) is 1.17. The van der Waals surface area contributed by atoms with Crippen molar-refractivity contribution in [3.8, 4) is 0 Å². The lowest BCUT2D eigenvalue weighted by atomic mass is 10.2. The molecule has 4 nitrogen and oxygen atoms in total. The maximum Gasteiger partial charge on any atom is 0.355 e. The molecule has 2 aromatic heterocycles. The minimum Gasteiger partial charge on any atom is -0.476 e. The van der Waals surface area contributed by atoms with E-state index in [0.29, 0.717) is 5.39 Å². The molecular formula is C8H6N2O2S. The normalized spacial score (nSPS) is 10.5. The lowest BCUT2D eigenvalue weighted by Gasteiger charge is -1.95. The summed E-state index contributed by atoms with van der Waals surface area (Å²) in [5.41, 5.74) is 1.00. The maximum atomic E-state index is 10.8. The van der Waals surface area contributed by atoms with Gasteiger partial charge in [0.1, 0.15) is 11.2 Å². The van der Waals surface area contributed by atoms with E-state index in [2.05, 4.69) is 9.97 Å². The summed E-state index contributed by atoms with van der Waals surface area (Å²) in [6.45, 7) is 1.86. The minimum absolute atomic E-state index is 0.0868. The number of fused-ring (bicyclic) bond motifs is 1. The van der Waals surface area contributed by atoms with Gasteiger partial charge in [0.05, 0.1) is 0 Å². The summed E-state index contributed by atoms with van der Waals surface area (Å²) in [6, 6.07) is 0. The molecule has 0 bridgehead atoms. The zero-order valence-electron chi connectivity index (χ0n) is 6.81. The maximum absolute atomic E-state index is 10.8. The van der Waals surface area contributed by atoms with Crippen molar-refractivity contribution < 1.29 is 9.90 Å². The summed E-state index contributed by atoms with van der Waals surface area (Å²) in [5, 5.41) is 11.4. The number of aromatic nitrogens is 2. The Morgan fingerprint density at radius 1 is 1.54 bits per heavy atom. The Bertz CT molecular complexity index is 478. The van der Waals surface area contributed by atoms with Crippen LogP contribution < -0.4 is 0 Å². The van der Waals surface area contributed by atoms with E-state index in [1.54, 1.807) is 0 Å². The van der Waals surface area contributed by atoms with Gasteiger partial charge >= 0.3 is 5.97 Å². The van der Waals surface area contributed by atoms with Gasteiger partial charge in [0.2, 0.25) is 0 Å². The van der Waals surface area contributed by atoms with Crippen LogP contribution in [0.2, 0.25) is 0 Å². The molecule has 0 saturated heterocycles. The van der Waals surface area contributed by atoms with Crippen LogP contribution in [-0.4, -0.2) is 21.0 Å².